The molecule has 3 heterocycles. The summed E-state index contributed by atoms with van der Waals surface area (Å²) >= 11 is 0. The van der Waals surface area contributed by atoms with Gasteiger partial charge in [0.05, 0.1) is 23.4 Å². The molecule has 0 unspecified atom stereocenters. The second-order valence-electron chi connectivity index (χ2n) is 50.4. The number of allylic oxidation sites excluding steroid dienone is 2. The lowest BCUT2D eigenvalue weighted by atomic mass is 9.94. The average molecular weight is 1990 g/mol. The van der Waals surface area contributed by atoms with Crippen molar-refractivity contribution in [3.63, 3.8) is 0 Å². The fraction of sp³-hybridized carbons (Fsp3) is 0.672. The van der Waals surface area contributed by atoms with E-state index in [2.05, 4.69) is 477 Å². The highest BCUT2D eigenvalue weighted by atomic mass is 15.4. The lowest BCUT2D eigenvalue weighted by Crippen LogP contribution is -2.01. The Bertz CT molecular complexity index is 3970. The Balaban J connectivity index is 0.00000159. The molecule has 0 bridgehead atoms. The summed E-state index contributed by atoms with van der Waals surface area (Å²) in [4.78, 5) is 4.30. The molecule has 0 aliphatic heterocycles. The third kappa shape index (κ3) is 79.3. The second kappa shape index (κ2) is 83.3. The van der Waals surface area contributed by atoms with Gasteiger partial charge in [0.2, 0.25) is 0 Å². The highest BCUT2D eigenvalue weighted by Gasteiger charge is 2.13. The van der Waals surface area contributed by atoms with Gasteiger partial charge < -0.3 is 4.57 Å². The Kier molecular flexibility index (Phi) is 79.0. The van der Waals surface area contributed by atoms with E-state index in [0.29, 0.717) is 23.9 Å². The Hall–Kier alpha value is -7.45. The van der Waals surface area contributed by atoms with Gasteiger partial charge in [-0.2, -0.15) is 0 Å². The molecule has 0 aliphatic carbocycles. The van der Waals surface area contributed by atoms with E-state index in [-0.39, 0.29) is 0 Å². The molecule has 0 fully saturated rings. The third-order valence-electron chi connectivity index (χ3n) is 26.3. The van der Waals surface area contributed by atoms with Gasteiger partial charge in [0.1, 0.15) is 0 Å². The van der Waals surface area contributed by atoms with E-state index in [0.717, 1.165) is 119 Å². The third-order valence-corrected chi connectivity index (χ3v) is 26.3. The molecule has 0 aliphatic rings. The summed E-state index contributed by atoms with van der Waals surface area (Å²) in [6, 6.07) is 55.6. The SMILES string of the molecule is CC(C)CCC=CCCC(C)C.CC(C)CCc1ccc(CCC(C)C)cc1.CC(C)CCc1ccc(CCC(C)C)cc1.CC(C)CCc1cccc(CCC(C)C)c1.CC(C)CCc1cccc(CCC(C)C)c1.CC(C)CCc1ccccc1CCC(C)C.CC(C)CCc1ccccc1CCC(C)C.CC(C)CCc1cn(CCC(C)C)nn1.CC(C)c1cn(C(C)C)cn1.CC(C)c1cn(C(C)C)nn1. The summed E-state index contributed by atoms with van der Waals surface area (Å²) < 4.78 is 5.99. The molecule has 0 saturated carbocycles. The summed E-state index contributed by atoms with van der Waals surface area (Å²) in [5.41, 5.74) is 21.6. The maximum absolute atomic E-state index is 4.30. The molecule has 0 atom stereocenters. The largest absolute Gasteiger partial charge is 0.335 e. The molecule has 0 amide bonds. The van der Waals surface area contributed by atoms with Gasteiger partial charge in [0.25, 0.3) is 0 Å². The van der Waals surface area contributed by atoms with Crippen molar-refractivity contribution in [2.45, 2.75) is 506 Å². The predicted octanol–water partition coefficient (Wildman–Crippen LogP) is 41.1. The Morgan fingerprint density at radius 2 is 0.476 bits per heavy atom. The minimum Gasteiger partial charge on any atom is -0.335 e. The highest BCUT2D eigenvalue weighted by molar-refractivity contribution is 5.30. The van der Waals surface area contributed by atoms with E-state index in [1.54, 1.807) is 22.3 Å². The van der Waals surface area contributed by atoms with Crippen molar-refractivity contribution >= 4 is 0 Å². The number of benzene rings is 6. The number of nitrogens with zero attached hydrogens (tertiary/aromatic N) is 8. The summed E-state index contributed by atoms with van der Waals surface area (Å²) in [5.74, 6) is 13.8. The van der Waals surface area contributed by atoms with Crippen LogP contribution in [0.25, 0.3) is 0 Å². The van der Waals surface area contributed by atoms with Crippen LogP contribution in [0.1, 0.15) is 500 Å². The normalized spacial score (nSPS) is 11.5. The molecule has 0 spiro atoms. The average Bonchev–Trinajstić information content (AvgIpc) is 1.58. The van der Waals surface area contributed by atoms with Gasteiger partial charge in [-0.1, -0.05) is 417 Å². The van der Waals surface area contributed by atoms with Crippen molar-refractivity contribution in [1.82, 2.24) is 39.5 Å². The summed E-state index contributed by atoms with van der Waals surface area (Å²) in [7, 11) is 0. The van der Waals surface area contributed by atoms with Gasteiger partial charge >= 0.3 is 0 Å². The number of imidazole rings is 1. The van der Waals surface area contributed by atoms with Crippen LogP contribution in [0.3, 0.4) is 0 Å². The molecular formula is C137H234N8. The fourth-order valence-electron chi connectivity index (χ4n) is 15.4. The molecular weight excluding hydrogens is 1760 g/mol. The van der Waals surface area contributed by atoms with Crippen molar-refractivity contribution in [1.29, 1.82) is 0 Å². The number of aromatic nitrogens is 8. The maximum atomic E-state index is 4.30. The standard InChI is InChI=1S/6C16H26.C12H23N3.C12H24.C9H16N2.C8H15N3/c2*1-13(2)5-7-15-9-11-16(12-10-15)8-6-14(3)4;2*1-13(2)8-10-15-6-5-7-16(12-15)11-9-14(3)4;2*1-13(2)9-11-15-7-5-6-8-16(15)12-10-14(3)4;1-10(2)5-6-12-9-15(14-13-12)8-7-11(3)4;1-11(2)9-7-5-6-8-10-12(3)4;1-7(2)9-5-11(6-10-9)8(3)4;1-6(2)8-5-11(7(3)4)10-9-8/h2*9-14H,5-8H2,1-4H3;2*5-7,12-14H,8-11H2,1-4H3;2*5-8,13-14H,9-12H2,1-4H3;9-11H,5-8H2,1-4H3;5-6,11-12H,7-10H2,1-4H3;5-8H,1-4H3;5-7H,1-4H3. The van der Waals surface area contributed by atoms with Crippen molar-refractivity contribution < 1.29 is 0 Å². The molecule has 0 radical (unpaired) electrons. The van der Waals surface area contributed by atoms with E-state index in [4.69, 9.17) is 0 Å². The molecule has 0 N–H and O–H groups in total. The van der Waals surface area contributed by atoms with Crippen LogP contribution in [-0.2, 0) is 90.0 Å². The molecule has 9 rings (SSSR count). The van der Waals surface area contributed by atoms with Crippen LogP contribution in [-0.4, -0.2) is 39.5 Å². The molecule has 822 valence electrons. The van der Waals surface area contributed by atoms with Crippen LogP contribution in [0, 0.1) is 94.7 Å². The van der Waals surface area contributed by atoms with E-state index >= 15 is 0 Å². The zero-order chi connectivity index (χ0) is 109. The van der Waals surface area contributed by atoms with Gasteiger partial charge in [-0.05, 0) is 400 Å². The number of hydrogen-bond acceptors (Lipinski definition) is 5. The lowest BCUT2D eigenvalue weighted by Gasteiger charge is -2.12. The van der Waals surface area contributed by atoms with Crippen molar-refractivity contribution in [3.8, 4) is 0 Å². The molecule has 0 saturated heterocycles. The van der Waals surface area contributed by atoms with E-state index in [9.17, 15) is 0 Å². The van der Waals surface area contributed by atoms with Crippen LogP contribution in [0.5, 0.6) is 0 Å². The first-order valence-electron chi connectivity index (χ1n) is 59.3. The molecule has 6 aromatic carbocycles. The van der Waals surface area contributed by atoms with Crippen LogP contribution in [0.15, 0.2) is 183 Å². The molecule has 8 heteroatoms. The molecule has 145 heavy (non-hydrogen) atoms. The van der Waals surface area contributed by atoms with Gasteiger partial charge in [0.15, 0.2) is 0 Å². The smallest absolute Gasteiger partial charge is 0.0951 e. The van der Waals surface area contributed by atoms with Gasteiger partial charge in [-0.15, -0.1) is 10.2 Å². The van der Waals surface area contributed by atoms with E-state index in [1.807, 2.05) is 21.9 Å². The van der Waals surface area contributed by atoms with Crippen molar-refractivity contribution in [2.24, 2.45) is 94.7 Å². The number of aryl methyl sites for hydroxylation is 14. The van der Waals surface area contributed by atoms with Crippen LogP contribution >= 0.6 is 0 Å². The minimum atomic E-state index is 0.412. The summed E-state index contributed by atoms with van der Waals surface area (Å²) in [6.07, 6.45) is 51.8. The summed E-state index contributed by atoms with van der Waals surface area (Å²) in [5, 5.41) is 16.4. The first kappa shape index (κ1) is 138. The van der Waals surface area contributed by atoms with Crippen molar-refractivity contribution in [3.05, 3.63) is 267 Å². The Labute approximate surface area is 901 Å². The topological polar surface area (TPSA) is 79.2 Å². The van der Waals surface area contributed by atoms with Crippen LogP contribution < -0.4 is 0 Å². The fourth-order valence-corrected chi connectivity index (χ4v) is 15.4. The Morgan fingerprint density at radius 3 is 0.697 bits per heavy atom. The lowest BCUT2D eigenvalue weighted by molar-refractivity contribution is 0.478. The highest BCUT2D eigenvalue weighted by Crippen LogP contribution is 2.25. The quantitative estimate of drug-likeness (QED) is 0.0355. The first-order valence-corrected chi connectivity index (χ1v) is 59.3. The van der Waals surface area contributed by atoms with Crippen LogP contribution in [0.4, 0.5) is 0 Å². The molecule has 8 nitrogen and oxygen atoms in total. The van der Waals surface area contributed by atoms with Gasteiger partial charge in [0, 0.05) is 37.2 Å². The zero-order valence-electron chi connectivity index (χ0n) is 103. The van der Waals surface area contributed by atoms with Crippen LogP contribution in [0.2, 0.25) is 0 Å². The van der Waals surface area contributed by atoms with E-state index < -0.39 is 0 Å². The second-order valence-corrected chi connectivity index (χ2v) is 50.4. The zero-order valence-corrected chi connectivity index (χ0v) is 103. The monoisotopic (exact) mass is 1990 g/mol. The van der Waals surface area contributed by atoms with Gasteiger partial charge in [-0.3, -0.25) is 4.68 Å². The van der Waals surface area contributed by atoms with Gasteiger partial charge in [-0.25, -0.2) is 9.67 Å². The first-order chi connectivity index (χ1) is 68.4. The number of rotatable bonds is 52. The van der Waals surface area contributed by atoms with E-state index in [1.165, 1.54) is 243 Å². The van der Waals surface area contributed by atoms with Crippen molar-refractivity contribution in [2.75, 3.05) is 0 Å². The predicted molar refractivity (Wildman–Crippen MR) is 648 cm³/mol. The Morgan fingerprint density at radius 1 is 0.221 bits per heavy atom. The maximum Gasteiger partial charge on any atom is 0.0951 e. The molecule has 9 aromatic rings. The number of hydrogen-bond donors (Lipinski definition) is 0. The summed E-state index contributed by atoms with van der Waals surface area (Å²) in [6.45, 7) is 91.2. The molecule has 3 aromatic heterocycles. The minimum absolute atomic E-state index is 0.412.